The lowest BCUT2D eigenvalue weighted by molar-refractivity contribution is 0.0490. The molecule has 0 saturated heterocycles. The van der Waals surface area contributed by atoms with Gasteiger partial charge in [-0.25, -0.2) is 13.6 Å². The van der Waals surface area contributed by atoms with Gasteiger partial charge in [-0.1, -0.05) is 26.8 Å². The van der Waals surface area contributed by atoms with Gasteiger partial charge in [-0.2, -0.15) is 0 Å². The summed E-state index contributed by atoms with van der Waals surface area (Å²) in [5, 5.41) is 5.99. The molecule has 1 amide bonds. The molecule has 1 aliphatic carbocycles. The van der Waals surface area contributed by atoms with Gasteiger partial charge in [-0.05, 0) is 56.4 Å². The van der Waals surface area contributed by atoms with Gasteiger partial charge < -0.3 is 15.4 Å². The minimum absolute atomic E-state index is 0.0457. The molecule has 0 aliphatic heterocycles. The highest BCUT2D eigenvalue weighted by Gasteiger charge is 2.33. The molecule has 0 radical (unpaired) electrons. The Morgan fingerprint density at radius 3 is 2.41 bits per heavy atom. The number of ether oxygens (including phenoxy) is 1. The van der Waals surface area contributed by atoms with E-state index in [0.29, 0.717) is 12.4 Å². The first kappa shape index (κ1) is 22.8. The van der Waals surface area contributed by atoms with Crippen molar-refractivity contribution in [3.63, 3.8) is 0 Å². The number of benzene rings is 1. The van der Waals surface area contributed by atoms with Gasteiger partial charge in [0, 0.05) is 12.1 Å². The average Bonchev–Trinajstić information content (AvgIpc) is 3.38. The van der Waals surface area contributed by atoms with E-state index in [0.717, 1.165) is 24.6 Å². The Morgan fingerprint density at radius 2 is 1.86 bits per heavy atom. The molecule has 160 valence electrons. The molecule has 2 N–H and O–H groups in total. The SMILES string of the molecule is CC(C)(C)OC(=O)NC(C(=NCC1=CC1)NCc1cc(F)ccc1F)C(C)(C)C. The molecule has 2 rings (SSSR count). The van der Waals surface area contributed by atoms with Crippen LogP contribution in [0.15, 0.2) is 34.8 Å². The van der Waals surface area contributed by atoms with E-state index in [1.54, 1.807) is 20.8 Å². The molecule has 1 aromatic rings. The molecule has 7 heteroatoms. The number of nitrogens with one attached hydrogen (secondary N) is 2. The molecule has 29 heavy (non-hydrogen) atoms. The summed E-state index contributed by atoms with van der Waals surface area (Å²) in [4.78, 5) is 17.0. The van der Waals surface area contributed by atoms with E-state index in [1.165, 1.54) is 5.57 Å². The summed E-state index contributed by atoms with van der Waals surface area (Å²) in [6.45, 7) is 11.8. The van der Waals surface area contributed by atoms with E-state index < -0.39 is 34.8 Å². The number of hydrogen-bond donors (Lipinski definition) is 2. The van der Waals surface area contributed by atoms with Crippen molar-refractivity contribution < 1.29 is 18.3 Å². The average molecular weight is 408 g/mol. The Balaban J connectivity index is 2.23. The number of carbonyl (C=O) groups excluding carboxylic acids is 1. The molecule has 1 unspecified atom stereocenters. The van der Waals surface area contributed by atoms with Gasteiger partial charge in [-0.3, -0.25) is 4.99 Å². The third kappa shape index (κ3) is 7.83. The fraction of sp³-hybridized carbons (Fsp3) is 0.545. The Kier molecular flexibility index (Phi) is 7.03. The first-order valence-electron chi connectivity index (χ1n) is 9.75. The molecule has 1 aromatic carbocycles. The number of aliphatic imine (C=N–C) groups is 1. The minimum atomic E-state index is -0.638. The lowest BCUT2D eigenvalue weighted by Crippen LogP contribution is -2.54. The highest BCUT2D eigenvalue weighted by atomic mass is 19.1. The van der Waals surface area contributed by atoms with Crippen LogP contribution in [0.2, 0.25) is 0 Å². The monoisotopic (exact) mass is 407 g/mol. The van der Waals surface area contributed by atoms with Crippen molar-refractivity contribution in [1.82, 2.24) is 10.6 Å². The molecule has 1 aliphatic rings. The van der Waals surface area contributed by atoms with Gasteiger partial charge in [0.25, 0.3) is 0 Å². The summed E-state index contributed by atoms with van der Waals surface area (Å²) >= 11 is 0. The maximum atomic E-state index is 14.0. The highest BCUT2D eigenvalue weighted by molar-refractivity contribution is 5.91. The largest absolute Gasteiger partial charge is 0.444 e. The van der Waals surface area contributed by atoms with Crippen LogP contribution in [0.4, 0.5) is 13.6 Å². The number of amides is 1. The first-order valence-corrected chi connectivity index (χ1v) is 9.75. The number of alkyl carbamates (subject to hydrolysis) is 1. The van der Waals surface area contributed by atoms with Crippen molar-refractivity contribution in [1.29, 1.82) is 0 Å². The predicted molar refractivity (Wildman–Crippen MR) is 111 cm³/mol. The predicted octanol–water partition coefficient (Wildman–Crippen LogP) is 4.72. The van der Waals surface area contributed by atoms with E-state index in [1.807, 2.05) is 20.8 Å². The van der Waals surface area contributed by atoms with Gasteiger partial charge in [0.2, 0.25) is 0 Å². The number of nitrogens with zero attached hydrogens (tertiary/aromatic N) is 1. The number of carbonyl (C=O) groups is 1. The summed E-state index contributed by atoms with van der Waals surface area (Å²) < 4.78 is 32.9. The molecule has 0 heterocycles. The van der Waals surface area contributed by atoms with Crippen molar-refractivity contribution >= 4 is 11.9 Å². The molecule has 0 fully saturated rings. The maximum absolute atomic E-state index is 14.0. The maximum Gasteiger partial charge on any atom is 0.408 e. The Labute approximate surface area is 171 Å². The fourth-order valence-electron chi connectivity index (χ4n) is 2.62. The Morgan fingerprint density at radius 1 is 1.21 bits per heavy atom. The van der Waals surface area contributed by atoms with Gasteiger partial charge in [0.15, 0.2) is 0 Å². The second-order valence-electron chi connectivity index (χ2n) is 9.30. The van der Waals surface area contributed by atoms with Crippen molar-refractivity contribution in [2.45, 2.75) is 66.2 Å². The zero-order valence-electron chi connectivity index (χ0n) is 18.0. The van der Waals surface area contributed by atoms with Gasteiger partial charge in [-0.15, -0.1) is 0 Å². The normalized spacial score (nSPS) is 15.4. The molecular weight excluding hydrogens is 376 g/mol. The lowest BCUT2D eigenvalue weighted by atomic mass is 9.85. The van der Waals surface area contributed by atoms with Crippen LogP contribution in [-0.4, -0.2) is 30.1 Å². The third-order valence-corrected chi connectivity index (χ3v) is 4.21. The Hall–Kier alpha value is -2.44. The summed E-state index contributed by atoms with van der Waals surface area (Å²) in [5.41, 5.74) is 0.349. The summed E-state index contributed by atoms with van der Waals surface area (Å²) in [7, 11) is 0. The van der Waals surface area contributed by atoms with E-state index in [4.69, 9.17) is 4.74 Å². The van der Waals surface area contributed by atoms with E-state index in [9.17, 15) is 13.6 Å². The Bertz CT molecular complexity index is 805. The molecule has 0 saturated carbocycles. The second-order valence-corrected chi connectivity index (χ2v) is 9.30. The third-order valence-electron chi connectivity index (χ3n) is 4.21. The molecule has 0 bridgehead atoms. The summed E-state index contributed by atoms with van der Waals surface area (Å²) in [6, 6.07) is 2.82. The van der Waals surface area contributed by atoms with E-state index in [-0.39, 0.29) is 12.1 Å². The van der Waals surface area contributed by atoms with Crippen molar-refractivity contribution in [3.05, 3.63) is 47.0 Å². The van der Waals surface area contributed by atoms with E-state index >= 15 is 0 Å². The molecule has 0 aromatic heterocycles. The number of rotatable bonds is 6. The van der Waals surface area contributed by atoms with Gasteiger partial charge in [0.05, 0.1) is 12.6 Å². The first-order chi connectivity index (χ1) is 13.3. The zero-order valence-corrected chi connectivity index (χ0v) is 18.0. The van der Waals surface area contributed by atoms with Crippen LogP contribution >= 0.6 is 0 Å². The molecule has 0 spiro atoms. The summed E-state index contributed by atoms with van der Waals surface area (Å²) in [5.74, 6) is -0.514. The summed E-state index contributed by atoms with van der Waals surface area (Å²) in [6.07, 6.45) is 2.44. The van der Waals surface area contributed by atoms with Gasteiger partial charge >= 0.3 is 6.09 Å². The lowest BCUT2D eigenvalue weighted by Gasteiger charge is -2.33. The molecule has 5 nitrogen and oxygen atoms in total. The van der Waals surface area contributed by atoms with Crippen LogP contribution < -0.4 is 10.6 Å². The molecule has 1 atom stereocenters. The van der Waals surface area contributed by atoms with Crippen LogP contribution in [-0.2, 0) is 11.3 Å². The number of allylic oxidation sites excluding steroid dienone is 1. The van der Waals surface area contributed by atoms with Crippen molar-refractivity contribution in [2.75, 3.05) is 6.54 Å². The van der Waals surface area contributed by atoms with Crippen molar-refractivity contribution in [3.8, 4) is 0 Å². The smallest absolute Gasteiger partial charge is 0.408 e. The van der Waals surface area contributed by atoms with Crippen molar-refractivity contribution in [2.24, 2.45) is 10.4 Å². The van der Waals surface area contributed by atoms with Crippen LogP contribution in [0.25, 0.3) is 0 Å². The number of halogens is 2. The fourth-order valence-corrected chi connectivity index (χ4v) is 2.62. The van der Waals surface area contributed by atoms with Crippen LogP contribution in [0.5, 0.6) is 0 Å². The number of amidine groups is 1. The number of hydrogen-bond acceptors (Lipinski definition) is 3. The molecular formula is C22H31F2N3O2. The van der Waals surface area contributed by atoms with Crippen LogP contribution in [0, 0.1) is 17.0 Å². The quantitative estimate of drug-likeness (QED) is 0.407. The standard InChI is InChI=1S/C22H31F2N3O2/c1-21(2,3)18(27-20(28)29-22(4,5)6)19(25-12-14-7-8-14)26-13-15-11-16(23)9-10-17(15)24/h7,9-11,18H,8,12-13H2,1-6H3,(H,25,26)(H,27,28). The van der Waals surface area contributed by atoms with E-state index in [2.05, 4.69) is 21.7 Å². The van der Waals surface area contributed by atoms with Crippen LogP contribution in [0.3, 0.4) is 0 Å². The second kappa shape index (κ2) is 8.93. The zero-order chi connectivity index (χ0) is 21.8. The van der Waals surface area contributed by atoms with Crippen LogP contribution in [0.1, 0.15) is 53.5 Å². The minimum Gasteiger partial charge on any atom is -0.444 e. The topological polar surface area (TPSA) is 62.7 Å². The highest BCUT2D eigenvalue weighted by Crippen LogP contribution is 2.23. The van der Waals surface area contributed by atoms with Gasteiger partial charge in [0.1, 0.15) is 23.1 Å².